The van der Waals surface area contributed by atoms with E-state index >= 15 is 0 Å². The van der Waals surface area contributed by atoms with Crippen LogP contribution in [0.3, 0.4) is 0 Å². The summed E-state index contributed by atoms with van der Waals surface area (Å²) in [5, 5.41) is 3.53. The molecule has 4 heteroatoms. The molecule has 17 heavy (non-hydrogen) atoms. The molecular formula is C13H24N2O2. The monoisotopic (exact) mass is 240 g/mol. The number of carbonyl (C=O) groups is 1. The van der Waals surface area contributed by atoms with Crippen LogP contribution in [0.1, 0.15) is 39.0 Å². The van der Waals surface area contributed by atoms with Crippen LogP contribution in [0.5, 0.6) is 0 Å². The molecule has 1 aliphatic heterocycles. The van der Waals surface area contributed by atoms with Crippen molar-refractivity contribution in [3.8, 4) is 0 Å². The Labute approximate surface area is 104 Å². The zero-order valence-electron chi connectivity index (χ0n) is 10.9. The van der Waals surface area contributed by atoms with E-state index in [4.69, 9.17) is 4.74 Å². The van der Waals surface area contributed by atoms with Gasteiger partial charge in [-0.25, -0.2) is 0 Å². The molecule has 0 bridgehead atoms. The van der Waals surface area contributed by atoms with Gasteiger partial charge in [0.15, 0.2) is 0 Å². The fourth-order valence-corrected chi connectivity index (χ4v) is 2.70. The molecule has 4 nitrogen and oxygen atoms in total. The van der Waals surface area contributed by atoms with Gasteiger partial charge in [-0.1, -0.05) is 0 Å². The summed E-state index contributed by atoms with van der Waals surface area (Å²) >= 11 is 0. The fraction of sp³-hybridized carbons (Fsp3) is 0.923. The van der Waals surface area contributed by atoms with Gasteiger partial charge in [0.1, 0.15) is 0 Å². The van der Waals surface area contributed by atoms with Gasteiger partial charge in [-0.2, -0.15) is 0 Å². The van der Waals surface area contributed by atoms with Gasteiger partial charge in [0.25, 0.3) is 0 Å². The van der Waals surface area contributed by atoms with Crippen LogP contribution in [0.2, 0.25) is 0 Å². The Kier molecular flexibility index (Phi) is 4.40. The molecule has 2 rings (SSSR count). The Morgan fingerprint density at radius 2 is 2.24 bits per heavy atom. The lowest BCUT2D eigenvalue weighted by molar-refractivity contribution is -0.142. The maximum absolute atomic E-state index is 11.3. The Bertz CT molecular complexity index is 260. The lowest BCUT2D eigenvalue weighted by atomic mass is 10.1. The molecule has 1 heterocycles. The number of ether oxygens (including phenoxy) is 1. The molecule has 2 fully saturated rings. The predicted molar refractivity (Wildman–Crippen MR) is 66.8 cm³/mol. The maximum atomic E-state index is 11.3. The highest BCUT2D eigenvalue weighted by atomic mass is 16.5. The van der Waals surface area contributed by atoms with Crippen LogP contribution in [0, 0.1) is 0 Å². The van der Waals surface area contributed by atoms with Gasteiger partial charge in [-0.15, -0.1) is 0 Å². The van der Waals surface area contributed by atoms with E-state index in [9.17, 15) is 4.79 Å². The third-order valence-electron chi connectivity index (χ3n) is 3.87. The number of hydrogen-bond donors (Lipinski definition) is 1. The minimum atomic E-state index is -0.0949. The largest absolute Gasteiger partial charge is 0.469 e. The minimum Gasteiger partial charge on any atom is -0.469 e. The first-order valence-corrected chi connectivity index (χ1v) is 6.76. The molecular weight excluding hydrogens is 216 g/mol. The molecule has 1 saturated carbocycles. The molecule has 98 valence electrons. The molecule has 0 radical (unpaired) electrons. The number of rotatable bonds is 6. The van der Waals surface area contributed by atoms with Crippen molar-refractivity contribution >= 4 is 5.97 Å². The van der Waals surface area contributed by atoms with E-state index in [0.717, 1.165) is 13.1 Å². The van der Waals surface area contributed by atoms with E-state index in [0.29, 0.717) is 24.5 Å². The molecule has 2 unspecified atom stereocenters. The quantitative estimate of drug-likeness (QED) is 0.707. The van der Waals surface area contributed by atoms with Crippen molar-refractivity contribution in [2.45, 2.75) is 57.2 Å². The standard InChI is InChI=1S/C13H24N2O2/c1-10(8-13(16)17-2)15(12-5-6-12)9-11-4-3-7-14-11/h10-12,14H,3-9H2,1-2H3. The van der Waals surface area contributed by atoms with Crippen LogP contribution in [-0.4, -0.2) is 49.2 Å². The summed E-state index contributed by atoms with van der Waals surface area (Å²) in [6.07, 6.45) is 5.65. The summed E-state index contributed by atoms with van der Waals surface area (Å²) in [6.45, 7) is 4.38. The minimum absolute atomic E-state index is 0.0949. The average Bonchev–Trinajstić information content (AvgIpc) is 3.03. The second-order valence-corrected chi connectivity index (χ2v) is 5.35. The zero-order chi connectivity index (χ0) is 12.3. The van der Waals surface area contributed by atoms with E-state index in [2.05, 4.69) is 17.1 Å². The average molecular weight is 240 g/mol. The van der Waals surface area contributed by atoms with Gasteiger partial charge in [0.05, 0.1) is 13.5 Å². The molecule has 1 aliphatic carbocycles. The number of methoxy groups -OCH3 is 1. The van der Waals surface area contributed by atoms with Gasteiger partial charge in [0, 0.05) is 24.7 Å². The molecule has 0 aromatic rings. The van der Waals surface area contributed by atoms with E-state index < -0.39 is 0 Å². The Morgan fingerprint density at radius 3 is 2.76 bits per heavy atom. The van der Waals surface area contributed by atoms with Gasteiger partial charge >= 0.3 is 5.97 Å². The summed E-state index contributed by atoms with van der Waals surface area (Å²) in [5.74, 6) is -0.0949. The smallest absolute Gasteiger partial charge is 0.307 e. The Hall–Kier alpha value is -0.610. The number of nitrogens with zero attached hydrogens (tertiary/aromatic N) is 1. The summed E-state index contributed by atoms with van der Waals surface area (Å²) in [5.41, 5.74) is 0. The van der Waals surface area contributed by atoms with Crippen molar-refractivity contribution in [2.24, 2.45) is 0 Å². The molecule has 0 amide bonds. The SMILES string of the molecule is COC(=O)CC(C)N(CC1CCCN1)C1CC1. The van der Waals surface area contributed by atoms with Crippen molar-refractivity contribution < 1.29 is 9.53 Å². The first kappa shape index (κ1) is 12.8. The second kappa shape index (κ2) is 5.83. The molecule has 0 aromatic carbocycles. The van der Waals surface area contributed by atoms with Crippen LogP contribution in [0.15, 0.2) is 0 Å². The summed E-state index contributed by atoms with van der Waals surface area (Å²) in [4.78, 5) is 13.8. The third kappa shape index (κ3) is 3.68. The summed E-state index contributed by atoms with van der Waals surface area (Å²) in [6, 6.07) is 1.63. The zero-order valence-corrected chi connectivity index (χ0v) is 10.9. The first-order valence-electron chi connectivity index (χ1n) is 6.76. The van der Waals surface area contributed by atoms with Crippen molar-refractivity contribution in [2.75, 3.05) is 20.2 Å². The van der Waals surface area contributed by atoms with E-state index in [1.807, 2.05) is 0 Å². The van der Waals surface area contributed by atoms with E-state index in [1.165, 1.54) is 32.8 Å². The molecule has 0 spiro atoms. The highest BCUT2D eigenvalue weighted by Crippen LogP contribution is 2.30. The van der Waals surface area contributed by atoms with Crippen LogP contribution < -0.4 is 5.32 Å². The molecule has 1 N–H and O–H groups in total. The molecule has 0 aromatic heterocycles. The fourth-order valence-electron chi connectivity index (χ4n) is 2.70. The number of esters is 1. The molecule has 2 aliphatic rings. The second-order valence-electron chi connectivity index (χ2n) is 5.35. The van der Waals surface area contributed by atoms with Gasteiger partial charge in [-0.3, -0.25) is 9.69 Å². The van der Waals surface area contributed by atoms with Crippen molar-refractivity contribution in [1.29, 1.82) is 0 Å². The Balaban J connectivity index is 1.84. The summed E-state index contributed by atoms with van der Waals surface area (Å²) in [7, 11) is 1.47. The number of nitrogens with one attached hydrogen (secondary N) is 1. The summed E-state index contributed by atoms with van der Waals surface area (Å²) < 4.78 is 4.76. The Morgan fingerprint density at radius 1 is 1.47 bits per heavy atom. The van der Waals surface area contributed by atoms with Crippen LogP contribution in [0.4, 0.5) is 0 Å². The number of hydrogen-bond acceptors (Lipinski definition) is 4. The lowest BCUT2D eigenvalue weighted by Crippen LogP contribution is -2.44. The molecule has 2 atom stereocenters. The third-order valence-corrected chi connectivity index (χ3v) is 3.87. The number of carbonyl (C=O) groups excluding carboxylic acids is 1. The van der Waals surface area contributed by atoms with Gasteiger partial charge in [-0.05, 0) is 39.2 Å². The van der Waals surface area contributed by atoms with E-state index in [1.54, 1.807) is 0 Å². The molecule has 1 saturated heterocycles. The van der Waals surface area contributed by atoms with Crippen LogP contribution in [-0.2, 0) is 9.53 Å². The topological polar surface area (TPSA) is 41.6 Å². The highest BCUT2D eigenvalue weighted by Gasteiger charge is 2.34. The van der Waals surface area contributed by atoms with Crippen molar-refractivity contribution in [3.05, 3.63) is 0 Å². The highest BCUT2D eigenvalue weighted by molar-refractivity contribution is 5.69. The van der Waals surface area contributed by atoms with Crippen LogP contribution in [0.25, 0.3) is 0 Å². The van der Waals surface area contributed by atoms with Gasteiger partial charge in [0.2, 0.25) is 0 Å². The normalized spacial score (nSPS) is 26.2. The predicted octanol–water partition coefficient (Wildman–Crippen LogP) is 1.15. The first-order chi connectivity index (χ1) is 8.20. The lowest BCUT2D eigenvalue weighted by Gasteiger charge is -2.31. The van der Waals surface area contributed by atoms with Crippen molar-refractivity contribution in [3.63, 3.8) is 0 Å². The van der Waals surface area contributed by atoms with E-state index in [-0.39, 0.29) is 5.97 Å². The maximum Gasteiger partial charge on any atom is 0.307 e. The van der Waals surface area contributed by atoms with Crippen LogP contribution >= 0.6 is 0 Å². The van der Waals surface area contributed by atoms with Gasteiger partial charge < -0.3 is 10.1 Å². The van der Waals surface area contributed by atoms with Crippen molar-refractivity contribution in [1.82, 2.24) is 10.2 Å².